The lowest BCUT2D eigenvalue weighted by Gasteiger charge is -2.02. The zero-order valence-corrected chi connectivity index (χ0v) is 12.7. The molecule has 0 aliphatic carbocycles. The number of aryl methyl sites for hydroxylation is 1. The Bertz CT molecular complexity index is 775. The summed E-state index contributed by atoms with van der Waals surface area (Å²) in [7, 11) is 0. The molecule has 22 heavy (non-hydrogen) atoms. The summed E-state index contributed by atoms with van der Waals surface area (Å²) in [5, 5.41) is 15.6. The van der Waals surface area contributed by atoms with Crippen LogP contribution < -0.4 is 5.32 Å². The summed E-state index contributed by atoms with van der Waals surface area (Å²) in [6.07, 6.45) is 3.62. The molecule has 0 atom stereocenters. The summed E-state index contributed by atoms with van der Waals surface area (Å²) >= 11 is 5.89. The summed E-state index contributed by atoms with van der Waals surface area (Å²) in [6.45, 7) is 2.06. The molecule has 3 rings (SSSR count). The van der Waals surface area contributed by atoms with Gasteiger partial charge in [0.25, 0.3) is 0 Å². The second-order valence-electron chi connectivity index (χ2n) is 4.77. The Morgan fingerprint density at radius 2 is 1.77 bits per heavy atom. The van der Waals surface area contributed by atoms with Crippen LogP contribution in [0.4, 0.5) is 5.69 Å². The van der Waals surface area contributed by atoms with E-state index in [1.54, 1.807) is 16.8 Å². The molecule has 0 aliphatic heterocycles. The zero-order valence-electron chi connectivity index (χ0n) is 11.9. The molecule has 0 amide bonds. The van der Waals surface area contributed by atoms with E-state index in [2.05, 4.69) is 27.8 Å². The molecule has 0 radical (unpaired) electrons. The SMILES string of the molecule is Cc1ccc(NC=Cc2nnnn2-c2ccc(Cl)cc2)cc1. The van der Waals surface area contributed by atoms with Gasteiger partial charge in [0.05, 0.1) is 5.69 Å². The molecule has 2 aromatic carbocycles. The van der Waals surface area contributed by atoms with E-state index in [1.165, 1.54) is 5.56 Å². The molecule has 3 aromatic rings. The van der Waals surface area contributed by atoms with Crippen LogP contribution in [-0.2, 0) is 0 Å². The van der Waals surface area contributed by atoms with E-state index in [0.717, 1.165) is 11.4 Å². The van der Waals surface area contributed by atoms with Crippen LogP contribution in [0, 0.1) is 6.92 Å². The number of anilines is 1. The van der Waals surface area contributed by atoms with E-state index in [1.807, 2.05) is 48.7 Å². The van der Waals surface area contributed by atoms with E-state index in [0.29, 0.717) is 10.8 Å². The Morgan fingerprint density at radius 3 is 2.50 bits per heavy atom. The van der Waals surface area contributed by atoms with Crippen LogP contribution in [0.2, 0.25) is 5.02 Å². The minimum Gasteiger partial charge on any atom is -0.362 e. The quantitative estimate of drug-likeness (QED) is 0.798. The first-order valence-electron chi connectivity index (χ1n) is 6.76. The van der Waals surface area contributed by atoms with Crippen molar-refractivity contribution in [1.29, 1.82) is 0 Å². The van der Waals surface area contributed by atoms with Crippen LogP contribution in [-0.4, -0.2) is 20.2 Å². The van der Waals surface area contributed by atoms with Crippen LogP contribution in [0.5, 0.6) is 0 Å². The lowest BCUT2D eigenvalue weighted by atomic mass is 10.2. The standard InChI is InChI=1S/C16H14ClN5/c1-12-2-6-14(7-3-12)18-11-10-16-19-20-21-22(16)15-8-4-13(17)5-9-15/h2-11,18H,1H3. The first-order chi connectivity index (χ1) is 10.7. The Kier molecular flexibility index (Phi) is 4.16. The summed E-state index contributed by atoms with van der Waals surface area (Å²) in [5.74, 6) is 0.627. The Labute approximate surface area is 133 Å². The van der Waals surface area contributed by atoms with Gasteiger partial charge in [-0.15, -0.1) is 5.10 Å². The van der Waals surface area contributed by atoms with Crippen molar-refractivity contribution >= 4 is 23.4 Å². The molecule has 0 saturated carbocycles. The number of halogens is 1. The number of nitrogens with zero attached hydrogens (tertiary/aromatic N) is 4. The largest absolute Gasteiger partial charge is 0.362 e. The second-order valence-corrected chi connectivity index (χ2v) is 5.21. The molecular weight excluding hydrogens is 298 g/mol. The van der Waals surface area contributed by atoms with Gasteiger partial charge in [-0.25, -0.2) is 0 Å². The van der Waals surface area contributed by atoms with Crippen LogP contribution in [0.25, 0.3) is 11.8 Å². The molecule has 0 bridgehead atoms. The van der Waals surface area contributed by atoms with Crippen LogP contribution in [0.3, 0.4) is 0 Å². The fourth-order valence-corrected chi connectivity index (χ4v) is 2.05. The van der Waals surface area contributed by atoms with Crippen molar-refractivity contribution in [1.82, 2.24) is 20.2 Å². The van der Waals surface area contributed by atoms with Gasteiger partial charge in [0.15, 0.2) is 5.82 Å². The molecule has 1 heterocycles. The predicted octanol–water partition coefficient (Wildman–Crippen LogP) is 3.71. The van der Waals surface area contributed by atoms with Gasteiger partial charge in [-0.2, -0.15) is 4.68 Å². The van der Waals surface area contributed by atoms with Crippen LogP contribution in [0.15, 0.2) is 54.7 Å². The number of aromatic nitrogens is 4. The maximum absolute atomic E-state index is 5.89. The molecule has 0 fully saturated rings. The minimum atomic E-state index is 0.627. The highest BCUT2D eigenvalue weighted by Crippen LogP contribution is 2.14. The van der Waals surface area contributed by atoms with E-state index >= 15 is 0 Å². The highest BCUT2D eigenvalue weighted by molar-refractivity contribution is 6.30. The third kappa shape index (κ3) is 3.32. The Balaban J connectivity index is 1.76. The van der Waals surface area contributed by atoms with Crippen LogP contribution in [0.1, 0.15) is 11.4 Å². The molecule has 0 unspecified atom stereocenters. The molecule has 0 aliphatic rings. The highest BCUT2D eigenvalue weighted by Gasteiger charge is 2.04. The maximum Gasteiger partial charge on any atom is 0.181 e. The fourth-order valence-electron chi connectivity index (χ4n) is 1.93. The van der Waals surface area contributed by atoms with Gasteiger partial charge in [-0.3, -0.25) is 0 Å². The van der Waals surface area contributed by atoms with Gasteiger partial charge in [0.1, 0.15) is 0 Å². The molecule has 1 aromatic heterocycles. The number of rotatable bonds is 4. The number of nitrogens with one attached hydrogen (secondary N) is 1. The van der Waals surface area contributed by atoms with Crippen molar-refractivity contribution in [3.63, 3.8) is 0 Å². The summed E-state index contributed by atoms with van der Waals surface area (Å²) < 4.78 is 1.64. The maximum atomic E-state index is 5.89. The third-order valence-corrected chi connectivity index (χ3v) is 3.35. The average Bonchev–Trinajstić information content (AvgIpc) is 2.98. The van der Waals surface area contributed by atoms with Gasteiger partial charge in [0.2, 0.25) is 0 Å². The van der Waals surface area contributed by atoms with Gasteiger partial charge in [0, 0.05) is 23.0 Å². The molecule has 0 saturated heterocycles. The number of benzene rings is 2. The lowest BCUT2D eigenvalue weighted by molar-refractivity contribution is 0.787. The van der Waals surface area contributed by atoms with E-state index < -0.39 is 0 Å². The first-order valence-corrected chi connectivity index (χ1v) is 7.14. The van der Waals surface area contributed by atoms with Crippen molar-refractivity contribution in [2.75, 3.05) is 5.32 Å². The lowest BCUT2D eigenvalue weighted by Crippen LogP contribution is -1.99. The number of hydrogen-bond donors (Lipinski definition) is 1. The fraction of sp³-hybridized carbons (Fsp3) is 0.0625. The van der Waals surface area contributed by atoms with E-state index in [-0.39, 0.29) is 0 Å². The van der Waals surface area contributed by atoms with Crippen molar-refractivity contribution in [3.05, 3.63) is 71.1 Å². The van der Waals surface area contributed by atoms with Crippen molar-refractivity contribution in [3.8, 4) is 5.69 Å². The smallest absolute Gasteiger partial charge is 0.181 e. The monoisotopic (exact) mass is 311 g/mol. The summed E-state index contributed by atoms with van der Waals surface area (Å²) in [6, 6.07) is 15.5. The topological polar surface area (TPSA) is 55.6 Å². The summed E-state index contributed by atoms with van der Waals surface area (Å²) in [4.78, 5) is 0. The molecule has 5 nitrogen and oxygen atoms in total. The second kappa shape index (κ2) is 6.41. The zero-order chi connectivity index (χ0) is 15.4. The Hall–Kier alpha value is -2.66. The molecule has 1 N–H and O–H groups in total. The predicted molar refractivity (Wildman–Crippen MR) is 88.0 cm³/mol. The van der Waals surface area contributed by atoms with Crippen molar-refractivity contribution in [2.24, 2.45) is 0 Å². The third-order valence-electron chi connectivity index (χ3n) is 3.10. The number of hydrogen-bond acceptors (Lipinski definition) is 4. The van der Waals surface area contributed by atoms with Crippen molar-refractivity contribution < 1.29 is 0 Å². The molecule has 0 spiro atoms. The average molecular weight is 312 g/mol. The van der Waals surface area contributed by atoms with Crippen molar-refractivity contribution in [2.45, 2.75) is 6.92 Å². The van der Waals surface area contributed by atoms with Gasteiger partial charge >= 0.3 is 0 Å². The Morgan fingerprint density at radius 1 is 1.05 bits per heavy atom. The van der Waals surface area contributed by atoms with E-state index in [4.69, 9.17) is 11.6 Å². The van der Waals surface area contributed by atoms with Gasteiger partial charge < -0.3 is 5.32 Å². The molecule has 6 heteroatoms. The normalized spacial score (nSPS) is 11.0. The minimum absolute atomic E-state index is 0.627. The first kappa shape index (κ1) is 14.3. The highest BCUT2D eigenvalue weighted by atomic mass is 35.5. The number of tetrazole rings is 1. The van der Waals surface area contributed by atoms with E-state index in [9.17, 15) is 0 Å². The van der Waals surface area contributed by atoms with Gasteiger partial charge in [-0.05, 0) is 53.7 Å². The van der Waals surface area contributed by atoms with Gasteiger partial charge in [-0.1, -0.05) is 29.3 Å². The summed E-state index contributed by atoms with van der Waals surface area (Å²) in [5.41, 5.74) is 3.08. The van der Waals surface area contributed by atoms with Crippen LogP contribution >= 0.6 is 11.6 Å². The molecule has 110 valence electrons. The molecular formula is C16H14ClN5.